The maximum atomic E-state index is 6.38. The first-order valence-corrected chi connectivity index (χ1v) is 8.40. The zero-order chi connectivity index (χ0) is 15.5. The van der Waals surface area contributed by atoms with Crippen LogP contribution in [0.25, 0.3) is 0 Å². The van der Waals surface area contributed by atoms with Crippen molar-refractivity contribution in [1.82, 2.24) is 5.32 Å². The van der Waals surface area contributed by atoms with Crippen molar-refractivity contribution in [2.45, 2.75) is 65.0 Å². The van der Waals surface area contributed by atoms with Gasteiger partial charge in [-0.3, -0.25) is 0 Å². The Morgan fingerprint density at radius 1 is 1.38 bits per heavy atom. The van der Waals surface area contributed by atoms with Crippen LogP contribution in [0.3, 0.4) is 0 Å². The Balaban J connectivity index is 2.42. The van der Waals surface area contributed by atoms with E-state index < -0.39 is 0 Å². The fourth-order valence-corrected chi connectivity index (χ4v) is 4.08. The van der Waals surface area contributed by atoms with E-state index in [4.69, 9.17) is 4.74 Å². The molecule has 1 fully saturated rings. The topological polar surface area (TPSA) is 21.3 Å². The van der Waals surface area contributed by atoms with Crippen molar-refractivity contribution >= 4 is 0 Å². The Labute approximate surface area is 130 Å². The second-order valence-electron chi connectivity index (χ2n) is 6.78. The van der Waals surface area contributed by atoms with Crippen LogP contribution in [0, 0.1) is 19.8 Å². The minimum absolute atomic E-state index is 0.0558. The van der Waals surface area contributed by atoms with Gasteiger partial charge in [0.25, 0.3) is 0 Å². The molecule has 0 bridgehead atoms. The normalized spacial score (nSPS) is 27.6. The maximum absolute atomic E-state index is 6.38. The molecule has 0 spiro atoms. The summed E-state index contributed by atoms with van der Waals surface area (Å²) in [4.78, 5) is 0. The van der Waals surface area contributed by atoms with E-state index in [0.717, 1.165) is 25.4 Å². The third-order valence-corrected chi connectivity index (χ3v) is 4.98. The minimum Gasteiger partial charge on any atom is -0.373 e. The molecule has 0 saturated heterocycles. The van der Waals surface area contributed by atoms with Gasteiger partial charge in [0.2, 0.25) is 0 Å². The van der Waals surface area contributed by atoms with E-state index in [0.29, 0.717) is 0 Å². The number of likely N-dealkylation sites (N-methyl/N-ethyl adjacent to an activating group) is 1. The summed E-state index contributed by atoms with van der Waals surface area (Å²) in [7, 11) is 2.08. The quantitative estimate of drug-likeness (QED) is 0.858. The largest absolute Gasteiger partial charge is 0.373 e. The van der Waals surface area contributed by atoms with Crippen LogP contribution in [0.4, 0.5) is 0 Å². The first-order chi connectivity index (χ1) is 10.0. The highest BCUT2D eigenvalue weighted by Crippen LogP contribution is 2.44. The number of rotatable bonds is 5. The Hall–Kier alpha value is -0.860. The van der Waals surface area contributed by atoms with E-state index in [1.54, 1.807) is 0 Å². The summed E-state index contributed by atoms with van der Waals surface area (Å²) < 4.78 is 6.38. The van der Waals surface area contributed by atoms with Crippen molar-refractivity contribution in [2.75, 3.05) is 13.7 Å². The van der Waals surface area contributed by atoms with Gasteiger partial charge in [0, 0.05) is 6.61 Å². The first-order valence-electron chi connectivity index (χ1n) is 8.40. The van der Waals surface area contributed by atoms with Gasteiger partial charge in [-0.25, -0.2) is 0 Å². The molecule has 1 aromatic carbocycles. The Bertz CT molecular complexity index is 467. The van der Waals surface area contributed by atoms with Crippen molar-refractivity contribution in [3.8, 4) is 0 Å². The number of aryl methyl sites for hydroxylation is 2. The van der Waals surface area contributed by atoms with Gasteiger partial charge in [-0.2, -0.15) is 0 Å². The van der Waals surface area contributed by atoms with Gasteiger partial charge in [-0.15, -0.1) is 0 Å². The van der Waals surface area contributed by atoms with Gasteiger partial charge in [0.15, 0.2) is 0 Å². The average Bonchev–Trinajstić information content (AvgIpc) is 2.43. The molecule has 0 aromatic heterocycles. The van der Waals surface area contributed by atoms with Crippen LogP contribution in [-0.2, 0) is 4.74 Å². The van der Waals surface area contributed by atoms with Crippen LogP contribution in [-0.4, -0.2) is 19.3 Å². The average molecular weight is 289 g/mol. The number of benzene rings is 1. The van der Waals surface area contributed by atoms with Crippen LogP contribution >= 0.6 is 0 Å². The molecule has 1 aliphatic carbocycles. The van der Waals surface area contributed by atoms with E-state index in [9.17, 15) is 0 Å². The molecule has 0 amide bonds. The minimum atomic E-state index is -0.0558. The molecule has 3 unspecified atom stereocenters. The fourth-order valence-electron chi connectivity index (χ4n) is 4.08. The van der Waals surface area contributed by atoms with Gasteiger partial charge in [0.1, 0.15) is 0 Å². The summed E-state index contributed by atoms with van der Waals surface area (Å²) in [6, 6.07) is 7.04. The molecule has 0 radical (unpaired) electrons. The summed E-state index contributed by atoms with van der Waals surface area (Å²) in [5.41, 5.74) is 4.03. The van der Waals surface area contributed by atoms with E-state index in [1.165, 1.54) is 29.5 Å². The number of hydrogen-bond acceptors (Lipinski definition) is 2. The van der Waals surface area contributed by atoms with Crippen molar-refractivity contribution in [3.63, 3.8) is 0 Å². The van der Waals surface area contributed by atoms with Crippen LogP contribution in [0.15, 0.2) is 18.2 Å². The van der Waals surface area contributed by atoms with Gasteiger partial charge >= 0.3 is 0 Å². The fraction of sp³-hybridized carbons (Fsp3) is 0.684. The molecule has 2 rings (SSSR count). The molecule has 2 nitrogen and oxygen atoms in total. The highest BCUT2D eigenvalue weighted by Gasteiger charge is 2.43. The zero-order valence-electron chi connectivity index (χ0n) is 14.3. The van der Waals surface area contributed by atoms with E-state index >= 15 is 0 Å². The van der Waals surface area contributed by atoms with Gasteiger partial charge in [-0.05, 0) is 57.7 Å². The lowest BCUT2D eigenvalue weighted by molar-refractivity contribution is -0.100. The molecule has 1 N–H and O–H groups in total. The molecule has 2 heteroatoms. The molecule has 1 aromatic rings. The lowest BCUT2D eigenvalue weighted by atomic mass is 9.72. The van der Waals surface area contributed by atoms with Gasteiger partial charge < -0.3 is 10.1 Å². The summed E-state index contributed by atoms with van der Waals surface area (Å²) in [6.07, 6.45) is 4.91. The van der Waals surface area contributed by atoms with Crippen molar-refractivity contribution in [2.24, 2.45) is 5.92 Å². The lowest BCUT2D eigenvalue weighted by Crippen LogP contribution is -2.48. The number of hydrogen-bond donors (Lipinski definition) is 1. The number of ether oxygens (including phenoxy) is 1. The first kappa shape index (κ1) is 16.5. The zero-order valence-corrected chi connectivity index (χ0v) is 14.3. The van der Waals surface area contributed by atoms with Crippen molar-refractivity contribution < 1.29 is 4.74 Å². The van der Waals surface area contributed by atoms with Crippen LogP contribution < -0.4 is 5.32 Å². The molecule has 21 heavy (non-hydrogen) atoms. The Kier molecular flexibility index (Phi) is 5.45. The standard InChI is InChI=1S/C19H31NO/c1-6-21-19(11-7-8-15(3)13-19)18(20-5)17-12-14(2)9-10-16(17)4/h9-10,12,15,18,20H,6-8,11,13H2,1-5H3. The molecule has 118 valence electrons. The molecule has 3 atom stereocenters. The van der Waals surface area contributed by atoms with E-state index in [2.05, 4.69) is 58.3 Å². The van der Waals surface area contributed by atoms with Crippen LogP contribution in [0.1, 0.15) is 62.3 Å². The van der Waals surface area contributed by atoms with Crippen LogP contribution in [0.5, 0.6) is 0 Å². The third-order valence-electron chi connectivity index (χ3n) is 4.98. The molecular formula is C19H31NO. The Morgan fingerprint density at radius 3 is 2.76 bits per heavy atom. The van der Waals surface area contributed by atoms with Crippen molar-refractivity contribution in [1.29, 1.82) is 0 Å². The monoisotopic (exact) mass is 289 g/mol. The molecule has 0 heterocycles. The number of nitrogens with one attached hydrogen (secondary N) is 1. The second kappa shape index (κ2) is 6.93. The predicted molar refractivity (Wildman–Crippen MR) is 89.7 cm³/mol. The summed E-state index contributed by atoms with van der Waals surface area (Å²) in [6.45, 7) is 9.66. The van der Waals surface area contributed by atoms with Crippen molar-refractivity contribution in [3.05, 3.63) is 34.9 Å². The summed E-state index contributed by atoms with van der Waals surface area (Å²) in [5, 5.41) is 3.58. The SMILES string of the molecule is CCOC1(C(NC)c2cc(C)ccc2C)CCCC(C)C1. The van der Waals surface area contributed by atoms with Gasteiger partial charge in [0.05, 0.1) is 11.6 Å². The second-order valence-corrected chi connectivity index (χ2v) is 6.78. The molecule has 1 saturated carbocycles. The smallest absolute Gasteiger partial charge is 0.0878 e. The lowest BCUT2D eigenvalue weighted by Gasteiger charge is -2.46. The predicted octanol–water partition coefficient (Wildman–Crippen LogP) is 4.55. The van der Waals surface area contributed by atoms with E-state index in [1.807, 2.05) is 0 Å². The summed E-state index contributed by atoms with van der Waals surface area (Å²) in [5.74, 6) is 0.742. The molecule has 0 aliphatic heterocycles. The van der Waals surface area contributed by atoms with Gasteiger partial charge in [-0.1, -0.05) is 43.5 Å². The van der Waals surface area contributed by atoms with E-state index in [-0.39, 0.29) is 11.6 Å². The molecular weight excluding hydrogens is 258 g/mol. The molecule has 1 aliphatic rings. The maximum Gasteiger partial charge on any atom is 0.0878 e. The van der Waals surface area contributed by atoms with Crippen LogP contribution in [0.2, 0.25) is 0 Å². The highest BCUT2D eigenvalue weighted by atomic mass is 16.5. The highest BCUT2D eigenvalue weighted by molar-refractivity contribution is 5.35. The summed E-state index contributed by atoms with van der Waals surface area (Å²) >= 11 is 0. The Morgan fingerprint density at radius 2 is 2.14 bits per heavy atom. The third kappa shape index (κ3) is 3.49.